The van der Waals surface area contributed by atoms with Gasteiger partial charge in [0, 0.05) is 17.6 Å². The first-order valence-electron chi connectivity index (χ1n) is 3.67. The van der Waals surface area contributed by atoms with Crippen molar-refractivity contribution in [2.24, 2.45) is 0 Å². The van der Waals surface area contributed by atoms with Gasteiger partial charge in [-0.25, -0.2) is 4.98 Å². The fraction of sp³-hybridized carbons (Fsp3) is 0.250. The number of halogens is 4. The number of alkyl halides is 4. The van der Waals surface area contributed by atoms with E-state index in [0.29, 0.717) is 5.56 Å². The van der Waals surface area contributed by atoms with Crippen LogP contribution in [0.1, 0.15) is 11.1 Å². The van der Waals surface area contributed by atoms with Gasteiger partial charge in [-0.05, 0) is 5.56 Å². The molecule has 0 aromatic carbocycles. The molecule has 1 heterocycles. The van der Waals surface area contributed by atoms with Crippen molar-refractivity contribution in [3.8, 4) is 11.9 Å². The molecular weight excluding hydrogens is 277 g/mol. The molecule has 1 aromatic heterocycles. The molecule has 0 radical (unpaired) electrons. The molecule has 0 aliphatic rings. The van der Waals surface area contributed by atoms with Crippen LogP contribution in [0.4, 0.5) is 13.2 Å². The topological polar surface area (TPSA) is 45.9 Å². The summed E-state index contributed by atoms with van der Waals surface area (Å²) in [5.74, 6) is -0.573. The molecule has 1 aromatic rings. The summed E-state index contributed by atoms with van der Waals surface area (Å²) in [6, 6.07) is 2.88. The fourth-order valence-electron chi connectivity index (χ4n) is 0.861. The maximum absolute atomic E-state index is 11.8. The smallest absolute Gasteiger partial charge is 0.388 e. The van der Waals surface area contributed by atoms with Crippen molar-refractivity contribution >= 4 is 15.9 Å². The maximum Gasteiger partial charge on any atom is 0.574 e. The van der Waals surface area contributed by atoms with Crippen molar-refractivity contribution < 1.29 is 17.9 Å². The molecule has 3 nitrogen and oxygen atoms in total. The third-order valence-electron chi connectivity index (χ3n) is 1.45. The van der Waals surface area contributed by atoms with E-state index in [-0.39, 0.29) is 10.9 Å². The van der Waals surface area contributed by atoms with E-state index in [1.54, 1.807) is 0 Å². The normalized spacial score (nSPS) is 10.9. The number of nitriles is 1. The van der Waals surface area contributed by atoms with Crippen LogP contribution in [-0.4, -0.2) is 11.3 Å². The summed E-state index contributed by atoms with van der Waals surface area (Å²) in [6.45, 7) is 0. The Balaban J connectivity index is 3.00. The molecule has 0 saturated carbocycles. The Morgan fingerprint density at radius 2 is 2.20 bits per heavy atom. The zero-order valence-electron chi connectivity index (χ0n) is 7.18. The SMILES string of the molecule is N#Cc1cnc(OC(F)(F)F)cc1CBr. The number of hydrogen-bond acceptors (Lipinski definition) is 3. The highest BCUT2D eigenvalue weighted by molar-refractivity contribution is 9.08. The van der Waals surface area contributed by atoms with Gasteiger partial charge in [0.2, 0.25) is 5.88 Å². The molecule has 15 heavy (non-hydrogen) atoms. The molecule has 7 heteroatoms. The number of ether oxygens (including phenoxy) is 1. The molecule has 0 aliphatic carbocycles. The third-order valence-corrected chi connectivity index (χ3v) is 2.05. The van der Waals surface area contributed by atoms with Gasteiger partial charge in [-0.1, -0.05) is 15.9 Å². The number of rotatable bonds is 2. The summed E-state index contributed by atoms with van der Waals surface area (Å²) in [5, 5.41) is 8.86. The van der Waals surface area contributed by atoms with E-state index in [1.807, 2.05) is 6.07 Å². The molecular formula is C8H4BrF3N2O. The van der Waals surface area contributed by atoms with Crippen molar-refractivity contribution in [3.63, 3.8) is 0 Å². The highest BCUT2D eigenvalue weighted by atomic mass is 79.9. The van der Waals surface area contributed by atoms with Crippen LogP contribution < -0.4 is 4.74 Å². The maximum atomic E-state index is 11.8. The summed E-state index contributed by atoms with van der Waals surface area (Å²) < 4.78 is 39.1. The quantitative estimate of drug-likeness (QED) is 0.783. The summed E-state index contributed by atoms with van der Waals surface area (Å²) in [4.78, 5) is 3.36. The van der Waals surface area contributed by atoms with Crippen molar-refractivity contribution in [2.45, 2.75) is 11.7 Å². The van der Waals surface area contributed by atoms with Crippen LogP contribution in [0.25, 0.3) is 0 Å². The minimum atomic E-state index is -4.77. The lowest BCUT2D eigenvalue weighted by Crippen LogP contribution is -2.18. The molecule has 80 valence electrons. The summed E-state index contributed by atoms with van der Waals surface area (Å²) >= 11 is 3.05. The van der Waals surface area contributed by atoms with Crippen LogP contribution in [-0.2, 0) is 5.33 Å². The van der Waals surface area contributed by atoms with E-state index in [4.69, 9.17) is 5.26 Å². The Labute approximate surface area is 91.6 Å². The molecule has 0 atom stereocenters. The van der Waals surface area contributed by atoms with Crippen molar-refractivity contribution in [2.75, 3.05) is 0 Å². The molecule has 0 amide bonds. The van der Waals surface area contributed by atoms with Crippen LogP contribution >= 0.6 is 15.9 Å². The van der Waals surface area contributed by atoms with Gasteiger partial charge in [-0.2, -0.15) is 5.26 Å². The van der Waals surface area contributed by atoms with Gasteiger partial charge in [0.05, 0.1) is 5.56 Å². The van der Waals surface area contributed by atoms with Gasteiger partial charge in [0.25, 0.3) is 0 Å². The zero-order chi connectivity index (χ0) is 11.5. The van der Waals surface area contributed by atoms with Gasteiger partial charge >= 0.3 is 6.36 Å². The van der Waals surface area contributed by atoms with Crippen molar-refractivity contribution in [1.82, 2.24) is 4.98 Å². The lowest BCUT2D eigenvalue weighted by Gasteiger charge is -2.08. The summed E-state index contributed by atoms with van der Waals surface area (Å²) in [6.07, 6.45) is -3.73. The molecule has 0 aliphatic heterocycles. The van der Waals surface area contributed by atoms with E-state index in [2.05, 4.69) is 25.7 Å². The Morgan fingerprint density at radius 1 is 1.53 bits per heavy atom. The Hall–Kier alpha value is -1.29. The monoisotopic (exact) mass is 280 g/mol. The Morgan fingerprint density at radius 3 is 2.67 bits per heavy atom. The van der Waals surface area contributed by atoms with E-state index in [0.717, 1.165) is 12.3 Å². The van der Waals surface area contributed by atoms with Gasteiger partial charge in [-0.15, -0.1) is 13.2 Å². The highest BCUT2D eigenvalue weighted by Gasteiger charge is 2.31. The average Bonchev–Trinajstić information content (AvgIpc) is 2.15. The molecule has 0 fully saturated rings. The molecule has 0 N–H and O–H groups in total. The molecule has 0 unspecified atom stereocenters. The van der Waals surface area contributed by atoms with Crippen LogP contribution in [0.15, 0.2) is 12.3 Å². The third kappa shape index (κ3) is 3.40. The van der Waals surface area contributed by atoms with Crippen LogP contribution in [0.5, 0.6) is 5.88 Å². The van der Waals surface area contributed by atoms with Gasteiger partial charge in [0.1, 0.15) is 6.07 Å². The predicted octanol–water partition coefficient (Wildman–Crippen LogP) is 2.75. The molecule has 0 bridgehead atoms. The number of nitrogens with zero attached hydrogens (tertiary/aromatic N) is 2. The van der Waals surface area contributed by atoms with Crippen LogP contribution in [0.2, 0.25) is 0 Å². The minimum absolute atomic E-state index is 0.210. The largest absolute Gasteiger partial charge is 0.574 e. The Bertz CT molecular complexity index is 400. The first-order valence-corrected chi connectivity index (χ1v) is 4.79. The van der Waals surface area contributed by atoms with E-state index in [9.17, 15) is 13.2 Å². The average molecular weight is 281 g/mol. The second kappa shape index (κ2) is 4.49. The molecule has 1 rings (SSSR count). The second-order valence-corrected chi connectivity index (χ2v) is 3.03. The predicted molar refractivity (Wildman–Crippen MR) is 48.3 cm³/mol. The second-order valence-electron chi connectivity index (χ2n) is 2.47. The highest BCUT2D eigenvalue weighted by Crippen LogP contribution is 2.23. The van der Waals surface area contributed by atoms with E-state index in [1.165, 1.54) is 0 Å². The van der Waals surface area contributed by atoms with E-state index < -0.39 is 12.2 Å². The first-order chi connectivity index (χ1) is 6.96. The molecule has 0 saturated heterocycles. The van der Waals surface area contributed by atoms with Crippen LogP contribution in [0.3, 0.4) is 0 Å². The van der Waals surface area contributed by atoms with E-state index >= 15 is 0 Å². The van der Waals surface area contributed by atoms with Gasteiger partial charge < -0.3 is 4.74 Å². The first kappa shape index (κ1) is 11.8. The fourth-order valence-corrected chi connectivity index (χ4v) is 1.32. The summed E-state index contributed by atoms with van der Waals surface area (Å²) in [5.41, 5.74) is 0.605. The number of pyridine rings is 1. The van der Waals surface area contributed by atoms with Crippen LogP contribution in [0, 0.1) is 11.3 Å². The lowest BCUT2D eigenvalue weighted by molar-refractivity contribution is -0.276. The molecule has 0 spiro atoms. The standard InChI is InChI=1S/C8H4BrF3N2O/c9-2-5-1-7(15-8(10,11)12)14-4-6(5)3-13/h1,4H,2H2. The zero-order valence-corrected chi connectivity index (χ0v) is 8.76. The summed E-state index contributed by atoms with van der Waals surface area (Å²) in [7, 11) is 0. The van der Waals surface area contributed by atoms with Gasteiger partial charge in [-0.3, -0.25) is 0 Å². The van der Waals surface area contributed by atoms with Gasteiger partial charge in [0.15, 0.2) is 0 Å². The minimum Gasteiger partial charge on any atom is -0.388 e. The lowest BCUT2D eigenvalue weighted by atomic mass is 10.2. The number of aromatic nitrogens is 1. The van der Waals surface area contributed by atoms with Crippen molar-refractivity contribution in [1.29, 1.82) is 5.26 Å². The number of hydrogen-bond donors (Lipinski definition) is 0. The Kier molecular flexibility index (Phi) is 3.52. The van der Waals surface area contributed by atoms with Crippen molar-refractivity contribution in [3.05, 3.63) is 23.4 Å².